The van der Waals surface area contributed by atoms with Gasteiger partial charge in [0.2, 0.25) is 0 Å². The van der Waals surface area contributed by atoms with Gasteiger partial charge in [0.15, 0.2) is 0 Å². The van der Waals surface area contributed by atoms with Crippen LogP contribution in [0.1, 0.15) is 28.9 Å². The van der Waals surface area contributed by atoms with E-state index >= 15 is 0 Å². The van der Waals surface area contributed by atoms with Gasteiger partial charge in [-0.3, -0.25) is 19.7 Å². The molecule has 25 heavy (non-hydrogen) atoms. The van der Waals surface area contributed by atoms with Gasteiger partial charge >= 0.3 is 0 Å². The highest BCUT2D eigenvalue weighted by Gasteiger charge is 2.44. The minimum Gasteiger partial charge on any atom is -0.374 e. The Morgan fingerprint density at radius 3 is 3.00 bits per heavy atom. The lowest BCUT2D eigenvalue weighted by Gasteiger charge is -2.32. The Labute approximate surface area is 146 Å². The number of fused-ring (bicyclic) bond motifs is 1. The van der Waals surface area contributed by atoms with E-state index in [9.17, 15) is 4.79 Å². The second kappa shape index (κ2) is 7.25. The van der Waals surface area contributed by atoms with Crippen LogP contribution in [0.5, 0.6) is 0 Å². The van der Waals surface area contributed by atoms with Crippen molar-refractivity contribution in [3.8, 4) is 0 Å². The number of ether oxygens (including phenoxy) is 1. The zero-order valence-electron chi connectivity index (χ0n) is 13.9. The fraction of sp³-hybridized carbons (Fsp3) is 0.444. The molecule has 4 rings (SSSR count). The highest BCUT2D eigenvalue weighted by Crippen LogP contribution is 2.30. The predicted octanol–water partition coefficient (Wildman–Crippen LogP) is 1.03. The number of pyridine rings is 1. The van der Waals surface area contributed by atoms with Gasteiger partial charge in [0.05, 0.1) is 18.3 Å². The summed E-state index contributed by atoms with van der Waals surface area (Å²) in [6, 6.07) is 4.31. The highest BCUT2D eigenvalue weighted by molar-refractivity contribution is 5.92. The number of hydrogen-bond acceptors (Lipinski definition) is 6. The van der Waals surface area contributed by atoms with Crippen LogP contribution in [0.15, 0.2) is 43.1 Å². The van der Waals surface area contributed by atoms with Gasteiger partial charge in [0.25, 0.3) is 5.91 Å². The molecule has 2 fully saturated rings. The summed E-state index contributed by atoms with van der Waals surface area (Å²) < 4.78 is 6.01. The maximum absolute atomic E-state index is 12.4. The lowest BCUT2D eigenvalue weighted by molar-refractivity contribution is -0.0211. The third-order valence-corrected chi connectivity index (χ3v) is 4.85. The van der Waals surface area contributed by atoms with E-state index in [1.165, 1.54) is 18.0 Å². The van der Waals surface area contributed by atoms with E-state index in [2.05, 4.69) is 31.2 Å². The molecule has 2 aliphatic heterocycles. The first-order chi connectivity index (χ1) is 12.3. The van der Waals surface area contributed by atoms with E-state index in [1.54, 1.807) is 12.4 Å². The van der Waals surface area contributed by atoms with Crippen LogP contribution in [-0.4, -0.2) is 57.1 Å². The largest absolute Gasteiger partial charge is 0.374 e. The van der Waals surface area contributed by atoms with Crippen molar-refractivity contribution in [3.63, 3.8) is 0 Å². The molecule has 0 saturated carbocycles. The standard InChI is InChI=1S/C18H21N5O2/c24-18(14-10-20-6-7-21-14)22-15-12-23(11-13-3-1-5-19-9-13)16-4-2-8-25-17(15)16/h1,3,5-7,9-10,15-17H,2,4,8,11-12H2,(H,22,24)/t15-,16+,17+/m0/s1. The summed E-state index contributed by atoms with van der Waals surface area (Å²) >= 11 is 0. The second-order valence-electron chi connectivity index (χ2n) is 6.51. The van der Waals surface area contributed by atoms with Crippen LogP contribution in [0, 0.1) is 0 Å². The van der Waals surface area contributed by atoms with Crippen LogP contribution in [0.25, 0.3) is 0 Å². The summed E-state index contributed by atoms with van der Waals surface area (Å²) in [6.45, 7) is 2.32. The molecule has 1 amide bonds. The number of aromatic nitrogens is 3. The molecule has 4 heterocycles. The van der Waals surface area contributed by atoms with Gasteiger partial charge in [-0.05, 0) is 24.5 Å². The van der Waals surface area contributed by atoms with Crippen LogP contribution < -0.4 is 5.32 Å². The Morgan fingerprint density at radius 1 is 1.28 bits per heavy atom. The quantitative estimate of drug-likeness (QED) is 0.896. The third-order valence-electron chi connectivity index (χ3n) is 4.85. The lowest BCUT2D eigenvalue weighted by atomic mass is 10.0. The van der Waals surface area contributed by atoms with Crippen molar-refractivity contribution in [1.82, 2.24) is 25.2 Å². The fourth-order valence-corrected chi connectivity index (χ4v) is 3.75. The van der Waals surface area contributed by atoms with E-state index in [4.69, 9.17) is 4.74 Å². The molecule has 2 saturated heterocycles. The summed E-state index contributed by atoms with van der Waals surface area (Å²) in [7, 11) is 0. The molecule has 7 nitrogen and oxygen atoms in total. The highest BCUT2D eigenvalue weighted by atomic mass is 16.5. The third kappa shape index (κ3) is 3.52. The first-order valence-electron chi connectivity index (χ1n) is 8.63. The van der Waals surface area contributed by atoms with Crippen LogP contribution >= 0.6 is 0 Å². The summed E-state index contributed by atoms with van der Waals surface area (Å²) in [4.78, 5) is 27.1. The number of nitrogens with zero attached hydrogens (tertiary/aromatic N) is 4. The Balaban J connectivity index is 1.48. The molecule has 0 unspecified atom stereocenters. The van der Waals surface area contributed by atoms with Crippen molar-refractivity contribution in [1.29, 1.82) is 0 Å². The van der Waals surface area contributed by atoms with Gasteiger partial charge in [-0.1, -0.05) is 6.07 Å². The van der Waals surface area contributed by atoms with Crippen molar-refractivity contribution in [2.24, 2.45) is 0 Å². The molecule has 0 bridgehead atoms. The van der Waals surface area contributed by atoms with Gasteiger partial charge < -0.3 is 10.1 Å². The first kappa shape index (κ1) is 16.1. The van der Waals surface area contributed by atoms with E-state index in [0.29, 0.717) is 11.7 Å². The number of carbonyl (C=O) groups is 1. The average Bonchev–Trinajstić information content (AvgIpc) is 3.01. The Bertz CT molecular complexity index is 712. The number of nitrogens with one attached hydrogen (secondary N) is 1. The Morgan fingerprint density at radius 2 is 2.20 bits per heavy atom. The molecule has 2 aromatic rings. The topological polar surface area (TPSA) is 80.2 Å². The molecule has 130 valence electrons. The van der Waals surface area contributed by atoms with Crippen molar-refractivity contribution < 1.29 is 9.53 Å². The zero-order valence-corrected chi connectivity index (χ0v) is 13.9. The summed E-state index contributed by atoms with van der Waals surface area (Å²) in [5.74, 6) is -0.200. The normalized spacial score (nSPS) is 26.2. The number of likely N-dealkylation sites (tertiary alicyclic amines) is 1. The van der Waals surface area contributed by atoms with E-state index < -0.39 is 0 Å². The smallest absolute Gasteiger partial charge is 0.271 e. The van der Waals surface area contributed by atoms with E-state index in [-0.39, 0.29) is 18.1 Å². The number of rotatable bonds is 4. The Kier molecular flexibility index (Phi) is 4.67. The molecule has 0 aromatic carbocycles. The summed E-state index contributed by atoms with van der Waals surface area (Å²) in [6.07, 6.45) is 10.4. The van der Waals surface area contributed by atoms with Crippen molar-refractivity contribution in [2.45, 2.75) is 37.6 Å². The number of amides is 1. The van der Waals surface area contributed by atoms with Crippen molar-refractivity contribution >= 4 is 5.91 Å². The molecule has 0 spiro atoms. The van der Waals surface area contributed by atoms with Crippen LogP contribution in [0.2, 0.25) is 0 Å². The number of hydrogen-bond donors (Lipinski definition) is 1. The summed E-state index contributed by atoms with van der Waals surface area (Å²) in [5.41, 5.74) is 1.51. The molecular weight excluding hydrogens is 318 g/mol. The molecule has 3 atom stereocenters. The molecule has 2 aliphatic rings. The summed E-state index contributed by atoms with van der Waals surface area (Å²) in [5, 5.41) is 3.09. The van der Waals surface area contributed by atoms with Gasteiger partial charge in [0, 0.05) is 50.5 Å². The van der Waals surface area contributed by atoms with Gasteiger partial charge in [-0.2, -0.15) is 0 Å². The van der Waals surface area contributed by atoms with Gasteiger partial charge in [-0.15, -0.1) is 0 Å². The molecule has 0 radical (unpaired) electrons. The van der Waals surface area contributed by atoms with Gasteiger partial charge in [0.1, 0.15) is 5.69 Å². The maximum atomic E-state index is 12.4. The zero-order chi connectivity index (χ0) is 17.1. The van der Waals surface area contributed by atoms with Crippen LogP contribution in [-0.2, 0) is 11.3 Å². The SMILES string of the molecule is O=C(N[C@H]1CN(Cc2cccnc2)[C@@H]2CCCO[C@H]12)c1cnccn1. The van der Waals surface area contributed by atoms with Crippen LogP contribution in [0.4, 0.5) is 0 Å². The molecular formula is C18H21N5O2. The molecule has 0 aliphatic carbocycles. The second-order valence-corrected chi connectivity index (χ2v) is 6.51. The fourth-order valence-electron chi connectivity index (χ4n) is 3.75. The molecule has 7 heteroatoms. The molecule has 2 aromatic heterocycles. The van der Waals surface area contributed by atoms with Crippen molar-refractivity contribution in [3.05, 3.63) is 54.4 Å². The van der Waals surface area contributed by atoms with Crippen molar-refractivity contribution in [2.75, 3.05) is 13.2 Å². The monoisotopic (exact) mass is 339 g/mol. The average molecular weight is 339 g/mol. The lowest BCUT2D eigenvalue weighted by Crippen LogP contribution is -2.47. The first-order valence-corrected chi connectivity index (χ1v) is 8.63. The minimum absolute atomic E-state index is 0.0195. The number of carbonyl (C=O) groups excluding carboxylic acids is 1. The van der Waals surface area contributed by atoms with Crippen LogP contribution in [0.3, 0.4) is 0 Å². The van der Waals surface area contributed by atoms with Gasteiger partial charge in [-0.25, -0.2) is 4.98 Å². The Hall–Kier alpha value is -2.38. The van der Waals surface area contributed by atoms with E-state index in [1.807, 2.05) is 12.3 Å². The minimum atomic E-state index is -0.200. The predicted molar refractivity (Wildman–Crippen MR) is 90.7 cm³/mol. The molecule has 1 N–H and O–H groups in total. The maximum Gasteiger partial charge on any atom is 0.271 e. The van der Waals surface area contributed by atoms with E-state index in [0.717, 1.165) is 32.5 Å².